The second-order valence-electron chi connectivity index (χ2n) is 24.6. The van der Waals surface area contributed by atoms with Gasteiger partial charge >= 0.3 is 0 Å². The van der Waals surface area contributed by atoms with Crippen LogP contribution in [0.4, 0.5) is 0 Å². The third-order valence-corrected chi connectivity index (χ3v) is 19.8. The number of rotatable bonds is 8. The minimum atomic E-state index is -0.549. The van der Waals surface area contributed by atoms with Gasteiger partial charge in [0.1, 0.15) is 14.1 Å². The van der Waals surface area contributed by atoms with E-state index >= 15 is 0 Å². The van der Waals surface area contributed by atoms with Crippen LogP contribution in [0.15, 0.2) is 146 Å². The molecule has 7 aliphatic carbocycles. The molecule has 0 radical (unpaired) electrons. The maximum atomic E-state index is 9.60. The van der Waals surface area contributed by atoms with E-state index in [1.54, 1.807) is 0 Å². The molecular weight excluding hydrogens is 917 g/mol. The lowest BCUT2D eigenvalue weighted by Crippen LogP contribution is -2.32. The van der Waals surface area contributed by atoms with E-state index in [4.69, 9.17) is 0 Å². The highest BCUT2D eigenvalue weighted by atomic mass is 14.9. The standard InChI is InChI=1S/2C37H42N/c1-25-9-6-7-14-34(25)37-23-35(36(24-38(37)2)26-10-4-3-5-11-26)32-18-17-29-19-31(16-15-30(29)20-32)33-21-27-12-8-13-28(27)22-33;1-25-8-6-7-11-33(25)37-23-35(36(24-38(37)2)27-9-4-3-5-10-27)32-19-17-29-21-31(18-16-30(29)22-32)34-20-26-12-14-28(34)15-13-26/h6-7,9,14-20,23-24,26-28,33H,3-5,8,10-13,21-22H2,1-2H3;6-8,11,16-19,21-24,26-28,34H,3-5,9-10,12-15,20H2,1-2H3/q2*+1/i26D,33D;27D,34D. The lowest BCUT2D eigenvalue weighted by molar-refractivity contribution is -0.660. The van der Waals surface area contributed by atoms with Crippen molar-refractivity contribution in [2.75, 3.05) is 0 Å². The van der Waals surface area contributed by atoms with Crippen LogP contribution in [0.5, 0.6) is 0 Å². The van der Waals surface area contributed by atoms with Crippen molar-refractivity contribution in [3.63, 3.8) is 0 Å². The third kappa shape index (κ3) is 9.90. The van der Waals surface area contributed by atoms with Gasteiger partial charge in [-0.1, -0.05) is 168 Å². The SMILES string of the molecule is [2H]C1(c2c[n+](C)c(-c3ccccc3C)cc2-c2ccc3cc(C4([2H])CC5CCC4CC5)ccc3c2)CCCCC1.[2H]C1(c2ccc3cc(-c4cc(-c5ccccc5C)[n+](C)cc4C4([2H])CCCCC4)ccc3c2)CC2CCCC2C1. The van der Waals surface area contributed by atoms with E-state index in [0.29, 0.717) is 5.92 Å². The summed E-state index contributed by atoms with van der Waals surface area (Å²) in [6.07, 6.45) is 27.4. The Morgan fingerprint density at radius 3 is 1.33 bits per heavy atom. The van der Waals surface area contributed by atoms with Crippen molar-refractivity contribution in [1.29, 1.82) is 0 Å². The molecule has 2 heteroatoms. The number of hydrogen-bond acceptors (Lipinski definition) is 0. The van der Waals surface area contributed by atoms with Gasteiger partial charge in [-0.2, -0.15) is 0 Å². The van der Waals surface area contributed by atoms with Crippen molar-refractivity contribution in [2.24, 2.45) is 37.8 Å². The summed E-state index contributed by atoms with van der Waals surface area (Å²) in [4.78, 5) is 0. The molecule has 2 nitrogen and oxygen atoms in total. The smallest absolute Gasteiger partial charge is 0.201 e. The first-order valence-corrected chi connectivity index (χ1v) is 30.0. The minimum Gasteiger partial charge on any atom is -0.201 e. The molecule has 7 saturated carbocycles. The Bertz CT molecular complexity index is 3620. The van der Waals surface area contributed by atoms with Crippen molar-refractivity contribution in [1.82, 2.24) is 0 Å². The molecule has 3 atom stereocenters. The fourth-order valence-electron chi connectivity index (χ4n) is 15.5. The minimum absolute atomic E-state index is 0.420. The Hall–Kier alpha value is -5.86. The Kier molecular flexibility index (Phi) is 12.8. The van der Waals surface area contributed by atoms with E-state index in [1.807, 2.05) is 0 Å². The number of nitrogens with zero attached hydrogens (tertiary/aromatic N) is 2. The van der Waals surface area contributed by atoms with Crippen LogP contribution >= 0.6 is 0 Å². The van der Waals surface area contributed by atoms with Gasteiger partial charge < -0.3 is 0 Å². The van der Waals surface area contributed by atoms with Crippen molar-refractivity contribution >= 4 is 21.5 Å². The van der Waals surface area contributed by atoms with E-state index in [0.717, 1.165) is 99.5 Å². The van der Waals surface area contributed by atoms with Gasteiger partial charge in [0.25, 0.3) is 0 Å². The Labute approximate surface area is 461 Å². The Morgan fingerprint density at radius 1 is 0.382 bits per heavy atom. The maximum Gasteiger partial charge on any atom is 0.213 e. The molecule has 7 fully saturated rings. The van der Waals surface area contributed by atoms with Crippen LogP contribution in [0, 0.1) is 37.5 Å². The van der Waals surface area contributed by atoms with Gasteiger partial charge in [-0.05, 0) is 209 Å². The predicted octanol–water partition coefficient (Wildman–Crippen LogP) is 19.3. The molecular formula is C74H84N2+2. The first kappa shape index (κ1) is 45.2. The zero-order chi connectivity index (χ0) is 55.0. The molecule has 0 N–H and O–H groups in total. The van der Waals surface area contributed by atoms with Crippen LogP contribution in [0.1, 0.15) is 191 Å². The average molecular weight is 1010 g/mol. The Morgan fingerprint density at radius 2 is 0.842 bits per heavy atom. The van der Waals surface area contributed by atoms with Crippen LogP contribution in [-0.4, -0.2) is 0 Å². The summed E-state index contributed by atoms with van der Waals surface area (Å²) in [5.41, 5.74) is 16.9. The molecule has 7 aliphatic rings. The predicted molar refractivity (Wildman–Crippen MR) is 319 cm³/mol. The molecule has 0 amide bonds. The summed E-state index contributed by atoms with van der Waals surface area (Å²) in [6.45, 7) is 4.36. The van der Waals surface area contributed by atoms with Gasteiger partial charge in [0.2, 0.25) is 11.4 Å². The lowest BCUT2D eigenvalue weighted by Gasteiger charge is -2.42. The summed E-state index contributed by atoms with van der Waals surface area (Å²) >= 11 is 0. The number of hydrogen-bond donors (Lipinski definition) is 0. The highest BCUT2D eigenvalue weighted by Crippen LogP contribution is 2.52. The van der Waals surface area contributed by atoms with Gasteiger partial charge in [0.05, 0.1) is 0 Å². The highest BCUT2D eigenvalue weighted by molar-refractivity contribution is 5.90. The van der Waals surface area contributed by atoms with Crippen molar-refractivity contribution in [3.05, 3.63) is 179 Å². The van der Waals surface area contributed by atoms with Crippen LogP contribution in [0.2, 0.25) is 0 Å². The molecule has 388 valence electrons. The fraction of sp³-hybridized carbons (Fsp3) is 0.432. The van der Waals surface area contributed by atoms with Gasteiger partial charge in [0.15, 0.2) is 12.4 Å². The molecule has 0 saturated heterocycles. The molecule has 2 heterocycles. The van der Waals surface area contributed by atoms with E-state index in [1.165, 1.54) is 146 Å². The molecule has 2 bridgehead atoms. The summed E-state index contributed by atoms with van der Waals surface area (Å²) in [7, 11) is 4.27. The van der Waals surface area contributed by atoms with Gasteiger partial charge in [-0.3, -0.25) is 0 Å². The van der Waals surface area contributed by atoms with E-state index < -0.39 is 23.6 Å². The van der Waals surface area contributed by atoms with Crippen molar-refractivity contribution in [3.8, 4) is 44.8 Å². The zero-order valence-corrected chi connectivity index (χ0v) is 46.2. The summed E-state index contributed by atoms with van der Waals surface area (Å²) in [6, 6.07) is 49.2. The average Bonchev–Trinajstić information content (AvgIpc) is 4.12. The molecule has 76 heavy (non-hydrogen) atoms. The molecule has 6 aromatic carbocycles. The largest absolute Gasteiger partial charge is 0.213 e. The van der Waals surface area contributed by atoms with Crippen LogP contribution in [0.3, 0.4) is 0 Å². The van der Waals surface area contributed by atoms with Gasteiger partial charge in [-0.15, -0.1) is 0 Å². The molecule has 3 unspecified atom stereocenters. The maximum absolute atomic E-state index is 9.60. The zero-order valence-electron chi connectivity index (χ0n) is 50.2. The second-order valence-corrected chi connectivity index (χ2v) is 24.6. The quantitative estimate of drug-likeness (QED) is 0.134. The molecule has 0 aliphatic heterocycles. The third-order valence-electron chi connectivity index (χ3n) is 19.8. The van der Waals surface area contributed by atoms with Gasteiger partial charge in [-0.25, -0.2) is 9.13 Å². The molecule has 15 rings (SSSR count). The topological polar surface area (TPSA) is 7.76 Å². The Balaban J connectivity index is 0.000000151. The fourth-order valence-corrected chi connectivity index (χ4v) is 15.5. The summed E-state index contributed by atoms with van der Waals surface area (Å²) < 4.78 is 42.5. The lowest BCUT2D eigenvalue weighted by atomic mass is 9.63. The summed E-state index contributed by atoms with van der Waals surface area (Å²) in [5, 5.41) is 4.91. The van der Waals surface area contributed by atoms with E-state index in [2.05, 4.69) is 183 Å². The number of benzene rings is 6. The van der Waals surface area contributed by atoms with Crippen LogP contribution in [0.25, 0.3) is 66.3 Å². The monoisotopic (exact) mass is 1000 g/mol. The highest BCUT2D eigenvalue weighted by Gasteiger charge is 2.38. The number of aromatic nitrogens is 2. The van der Waals surface area contributed by atoms with Crippen molar-refractivity contribution < 1.29 is 14.6 Å². The molecule has 2 aromatic heterocycles. The first-order chi connectivity index (χ1) is 38.7. The van der Waals surface area contributed by atoms with Crippen LogP contribution < -0.4 is 9.13 Å². The van der Waals surface area contributed by atoms with E-state index in [9.17, 15) is 5.48 Å². The first-order valence-electron chi connectivity index (χ1n) is 32.0. The van der Waals surface area contributed by atoms with E-state index in [-0.39, 0.29) is 0 Å². The van der Waals surface area contributed by atoms with Gasteiger partial charge in [0, 0.05) is 39.9 Å². The second kappa shape index (κ2) is 21.5. The van der Waals surface area contributed by atoms with Crippen molar-refractivity contribution in [2.45, 2.75) is 166 Å². The number of pyridine rings is 2. The normalized spacial score (nSPS) is 27.2. The summed E-state index contributed by atoms with van der Waals surface area (Å²) in [5.74, 6) is 0.809. The molecule has 0 spiro atoms. The molecule has 8 aromatic rings. The van der Waals surface area contributed by atoms with Crippen LogP contribution in [-0.2, 0) is 14.1 Å². The number of fused-ring (bicyclic) bond motifs is 6. The number of aryl methyl sites for hydroxylation is 4.